The zero-order valence-electron chi connectivity index (χ0n) is 19.9. The third-order valence-corrected chi connectivity index (χ3v) is 6.98. The summed E-state index contributed by atoms with van der Waals surface area (Å²) in [5.74, 6) is 0.631. The van der Waals surface area contributed by atoms with Crippen molar-refractivity contribution in [2.45, 2.75) is 38.8 Å². The predicted molar refractivity (Wildman–Crippen MR) is 135 cm³/mol. The van der Waals surface area contributed by atoms with Gasteiger partial charge in [0.2, 0.25) is 5.91 Å². The molecule has 1 fully saturated rings. The van der Waals surface area contributed by atoms with Crippen molar-refractivity contribution in [2.24, 2.45) is 0 Å². The van der Waals surface area contributed by atoms with E-state index in [0.717, 1.165) is 72.6 Å². The molecule has 2 aliphatic rings. The number of pyridine rings is 1. The molecule has 1 aromatic heterocycles. The summed E-state index contributed by atoms with van der Waals surface area (Å²) in [6.07, 6.45) is 1.80. The maximum absolute atomic E-state index is 13.5. The van der Waals surface area contributed by atoms with Crippen molar-refractivity contribution in [1.82, 2.24) is 14.8 Å². The summed E-state index contributed by atoms with van der Waals surface area (Å²) in [6.45, 7) is 8.70. The molecule has 0 saturated carbocycles. The molecule has 2 heterocycles. The lowest BCUT2D eigenvalue weighted by atomic mass is 10.1. The van der Waals surface area contributed by atoms with Gasteiger partial charge in [-0.15, -0.1) is 0 Å². The van der Waals surface area contributed by atoms with E-state index >= 15 is 0 Å². The van der Waals surface area contributed by atoms with Gasteiger partial charge in [-0.1, -0.05) is 6.07 Å². The van der Waals surface area contributed by atoms with E-state index in [9.17, 15) is 9.18 Å². The Morgan fingerprint density at radius 3 is 2.71 bits per heavy atom. The third kappa shape index (κ3) is 5.05. The number of aryl methyl sites for hydroxylation is 1. The molecule has 0 radical (unpaired) electrons. The van der Waals surface area contributed by atoms with Gasteiger partial charge < -0.3 is 10.6 Å². The van der Waals surface area contributed by atoms with Crippen LogP contribution in [0.4, 0.5) is 15.9 Å². The number of benzene rings is 2. The van der Waals surface area contributed by atoms with Gasteiger partial charge in [-0.3, -0.25) is 14.6 Å². The molecule has 0 spiro atoms. The molecule has 1 atom stereocenters. The van der Waals surface area contributed by atoms with E-state index in [1.54, 1.807) is 6.07 Å². The van der Waals surface area contributed by atoms with Crippen molar-refractivity contribution < 1.29 is 9.18 Å². The Balaban J connectivity index is 1.20. The van der Waals surface area contributed by atoms with Crippen molar-refractivity contribution in [3.8, 4) is 0 Å². The number of nitrogens with zero attached hydrogens (tertiary/aromatic N) is 3. The molecule has 3 aromatic rings. The van der Waals surface area contributed by atoms with Crippen LogP contribution >= 0.6 is 0 Å². The van der Waals surface area contributed by atoms with Crippen molar-refractivity contribution in [2.75, 3.05) is 43.4 Å². The van der Waals surface area contributed by atoms with Crippen LogP contribution < -0.4 is 10.6 Å². The number of rotatable bonds is 6. The van der Waals surface area contributed by atoms with Crippen molar-refractivity contribution >= 4 is 28.3 Å². The molecule has 1 aliphatic carbocycles. The number of carbonyl (C=O) groups is 1. The number of hydrogen-bond donors (Lipinski definition) is 2. The maximum Gasteiger partial charge on any atom is 0.238 e. The first-order chi connectivity index (χ1) is 16.4. The van der Waals surface area contributed by atoms with Gasteiger partial charge in [-0.25, -0.2) is 9.37 Å². The predicted octanol–water partition coefficient (Wildman–Crippen LogP) is 4.44. The van der Waals surface area contributed by atoms with Gasteiger partial charge in [-0.2, -0.15) is 0 Å². The molecule has 2 N–H and O–H groups in total. The third-order valence-electron chi connectivity index (χ3n) is 6.98. The zero-order valence-corrected chi connectivity index (χ0v) is 19.9. The highest BCUT2D eigenvalue weighted by molar-refractivity contribution is 5.95. The first-order valence-corrected chi connectivity index (χ1v) is 12.2. The number of halogens is 1. The number of aromatic nitrogens is 1. The summed E-state index contributed by atoms with van der Waals surface area (Å²) in [5, 5.41) is 7.51. The van der Waals surface area contributed by atoms with Crippen LogP contribution in [0.1, 0.15) is 37.4 Å². The maximum atomic E-state index is 13.5. The number of carbonyl (C=O) groups excluding carboxylic acids is 1. The van der Waals surface area contributed by atoms with E-state index in [-0.39, 0.29) is 17.8 Å². The topological polar surface area (TPSA) is 60.5 Å². The number of fused-ring (bicyclic) bond motifs is 2. The Labute approximate surface area is 200 Å². The molecule has 1 amide bonds. The van der Waals surface area contributed by atoms with Gasteiger partial charge in [0.1, 0.15) is 11.6 Å². The Bertz CT molecular complexity index is 1190. The van der Waals surface area contributed by atoms with Gasteiger partial charge >= 0.3 is 0 Å². The second-order valence-corrected chi connectivity index (χ2v) is 9.64. The van der Waals surface area contributed by atoms with Crippen molar-refractivity contribution in [3.05, 3.63) is 65.5 Å². The van der Waals surface area contributed by atoms with E-state index in [0.29, 0.717) is 12.6 Å². The Hall–Kier alpha value is -3.03. The first kappa shape index (κ1) is 22.7. The fourth-order valence-electron chi connectivity index (χ4n) is 5.04. The number of hydrogen-bond acceptors (Lipinski definition) is 5. The molecule has 178 valence electrons. The monoisotopic (exact) mass is 461 g/mol. The number of anilines is 2. The molecule has 7 heteroatoms. The van der Waals surface area contributed by atoms with Gasteiger partial charge in [0.25, 0.3) is 0 Å². The summed E-state index contributed by atoms with van der Waals surface area (Å²) < 4.78 is 13.5. The summed E-state index contributed by atoms with van der Waals surface area (Å²) in [4.78, 5) is 22.0. The van der Waals surface area contributed by atoms with Gasteiger partial charge in [-0.05, 0) is 80.3 Å². The molecular weight excluding hydrogens is 429 g/mol. The summed E-state index contributed by atoms with van der Waals surface area (Å²) in [6, 6.07) is 15.5. The van der Waals surface area contributed by atoms with Crippen LogP contribution in [0.5, 0.6) is 0 Å². The van der Waals surface area contributed by atoms with Crippen molar-refractivity contribution in [1.29, 1.82) is 0 Å². The van der Waals surface area contributed by atoms with Crippen molar-refractivity contribution in [3.63, 3.8) is 0 Å². The average Bonchev–Trinajstić information content (AvgIpc) is 3.21. The largest absolute Gasteiger partial charge is 0.363 e. The first-order valence-electron chi connectivity index (χ1n) is 12.2. The molecule has 1 unspecified atom stereocenters. The van der Waals surface area contributed by atoms with Crippen LogP contribution in [0.3, 0.4) is 0 Å². The normalized spacial score (nSPS) is 18.9. The van der Waals surface area contributed by atoms with Gasteiger partial charge in [0, 0.05) is 43.3 Å². The molecule has 6 nitrogen and oxygen atoms in total. The molecule has 2 aromatic carbocycles. The Kier molecular flexibility index (Phi) is 6.48. The van der Waals surface area contributed by atoms with Crippen LogP contribution in [0.15, 0.2) is 48.5 Å². The molecule has 0 bridgehead atoms. The van der Waals surface area contributed by atoms with Crippen LogP contribution in [-0.2, 0) is 11.2 Å². The molecule has 34 heavy (non-hydrogen) atoms. The van der Waals surface area contributed by atoms with Crippen LogP contribution in [-0.4, -0.2) is 59.5 Å². The quantitative estimate of drug-likeness (QED) is 0.569. The number of nitrogens with one attached hydrogen (secondary N) is 2. The summed E-state index contributed by atoms with van der Waals surface area (Å²) in [7, 11) is 0. The van der Waals surface area contributed by atoms with Crippen LogP contribution in [0.25, 0.3) is 10.9 Å². The van der Waals surface area contributed by atoms with E-state index in [2.05, 4.69) is 34.3 Å². The summed E-state index contributed by atoms with van der Waals surface area (Å²) in [5.41, 5.74) is 3.87. The van der Waals surface area contributed by atoms with Crippen LogP contribution in [0, 0.1) is 5.82 Å². The lowest BCUT2D eigenvalue weighted by Crippen LogP contribution is -2.50. The minimum atomic E-state index is -0.181. The highest BCUT2D eigenvalue weighted by Crippen LogP contribution is 2.34. The second kappa shape index (κ2) is 9.68. The molecule has 5 rings (SSSR count). The zero-order chi connectivity index (χ0) is 23.7. The van der Waals surface area contributed by atoms with Gasteiger partial charge in [0.05, 0.1) is 18.1 Å². The fourth-order valence-corrected chi connectivity index (χ4v) is 5.04. The highest BCUT2D eigenvalue weighted by Gasteiger charge is 2.23. The van der Waals surface area contributed by atoms with Crippen LogP contribution in [0.2, 0.25) is 0 Å². The Morgan fingerprint density at radius 2 is 1.91 bits per heavy atom. The SMILES string of the molecule is CC(C)N1CCN(CC(=O)Nc2ccc3nc(NC4CCc5cc(F)ccc54)ccc3c2)CC1. The second-order valence-electron chi connectivity index (χ2n) is 9.64. The lowest BCUT2D eigenvalue weighted by Gasteiger charge is -2.36. The van der Waals surface area contributed by atoms with E-state index in [4.69, 9.17) is 4.98 Å². The highest BCUT2D eigenvalue weighted by atomic mass is 19.1. The standard InChI is InChI=1S/C27H32FN5O/c1-18(2)33-13-11-32(12-14-33)17-27(34)29-22-6-9-24-20(16-22)4-10-26(30-24)31-25-8-3-19-15-21(28)5-7-23(19)25/h4-7,9-10,15-16,18,25H,3,8,11-14,17H2,1-2H3,(H,29,34)(H,30,31). The number of piperazine rings is 1. The summed E-state index contributed by atoms with van der Waals surface area (Å²) >= 11 is 0. The van der Waals surface area contributed by atoms with Gasteiger partial charge in [0.15, 0.2) is 0 Å². The fraction of sp³-hybridized carbons (Fsp3) is 0.407. The Morgan fingerprint density at radius 1 is 1.09 bits per heavy atom. The average molecular weight is 462 g/mol. The van der Waals surface area contributed by atoms with E-state index in [1.807, 2.05) is 36.4 Å². The smallest absolute Gasteiger partial charge is 0.238 e. The minimum absolute atomic E-state index is 0.0138. The molecule has 1 aliphatic heterocycles. The lowest BCUT2D eigenvalue weighted by molar-refractivity contribution is -0.117. The van der Waals surface area contributed by atoms with E-state index in [1.165, 1.54) is 6.07 Å². The van der Waals surface area contributed by atoms with E-state index < -0.39 is 0 Å². The molecular formula is C27H32FN5O. The minimum Gasteiger partial charge on any atom is -0.363 e. The molecule has 1 saturated heterocycles. The number of amides is 1.